The number of nitriles is 2. The molecular formula is C60H58N4. The van der Waals surface area contributed by atoms with Gasteiger partial charge in [-0.1, -0.05) is 156 Å². The van der Waals surface area contributed by atoms with Gasteiger partial charge in [0.2, 0.25) is 0 Å². The van der Waals surface area contributed by atoms with Gasteiger partial charge in [-0.15, -0.1) is 0 Å². The van der Waals surface area contributed by atoms with E-state index in [9.17, 15) is 10.5 Å². The summed E-state index contributed by atoms with van der Waals surface area (Å²) in [5.41, 5.74) is 16.3. The van der Waals surface area contributed by atoms with Crippen molar-refractivity contribution in [2.75, 3.05) is 0 Å². The molecule has 2 heterocycles. The minimum absolute atomic E-state index is 0.0862. The molecule has 2 aromatic heterocycles. The Morgan fingerprint density at radius 3 is 0.875 bits per heavy atom. The Hall–Kier alpha value is -6.88. The van der Waals surface area contributed by atoms with Crippen molar-refractivity contribution in [2.24, 2.45) is 0 Å². The molecule has 4 nitrogen and oxygen atoms in total. The Labute approximate surface area is 379 Å². The maximum absolute atomic E-state index is 10.3. The summed E-state index contributed by atoms with van der Waals surface area (Å²) in [6, 6.07) is 53.5. The second-order valence-electron chi connectivity index (χ2n) is 21.9. The first-order valence-corrected chi connectivity index (χ1v) is 22.5. The molecule has 0 radical (unpaired) electrons. The summed E-state index contributed by atoms with van der Waals surface area (Å²) in [5.74, 6) is 0. The number of fused-ring (bicyclic) bond motifs is 6. The van der Waals surface area contributed by atoms with E-state index in [1.165, 1.54) is 43.8 Å². The number of hydrogen-bond acceptors (Lipinski definition) is 2. The lowest BCUT2D eigenvalue weighted by atomic mass is 9.86. The van der Waals surface area contributed by atoms with Crippen molar-refractivity contribution in [1.29, 1.82) is 10.5 Å². The summed E-state index contributed by atoms with van der Waals surface area (Å²) >= 11 is 0. The first-order chi connectivity index (χ1) is 30.1. The second-order valence-corrected chi connectivity index (χ2v) is 21.9. The molecule has 0 saturated heterocycles. The smallest absolute Gasteiger partial charge is 0.0991 e. The lowest BCUT2D eigenvalue weighted by molar-refractivity contribution is 0.590. The molecule has 318 valence electrons. The Morgan fingerprint density at radius 1 is 0.344 bits per heavy atom. The summed E-state index contributed by atoms with van der Waals surface area (Å²) in [7, 11) is 0. The number of rotatable bonds is 4. The van der Waals surface area contributed by atoms with Crippen LogP contribution in [0, 0.1) is 22.7 Å². The zero-order chi connectivity index (χ0) is 45.7. The molecule has 0 fully saturated rings. The third-order valence-electron chi connectivity index (χ3n) is 13.2. The Morgan fingerprint density at radius 2 is 0.625 bits per heavy atom. The zero-order valence-electron chi connectivity index (χ0n) is 39.5. The first kappa shape index (κ1) is 42.4. The predicted molar refractivity (Wildman–Crippen MR) is 270 cm³/mol. The van der Waals surface area contributed by atoms with Crippen molar-refractivity contribution >= 4 is 43.6 Å². The molecule has 7 aromatic carbocycles. The molecule has 0 unspecified atom stereocenters. The van der Waals surface area contributed by atoms with Crippen LogP contribution < -0.4 is 0 Å². The minimum atomic E-state index is -0.0862. The van der Waals surface area contributed by atoms with E-state index >= 15 is 0 Å². The van der Waals surface area contributed by atoms with Crippen LogP contribution in [-0.2, 0) is 21.7 Å². The molecule has 9 rings (SSSR count). The topological polar surface area (TPSA) is 57.4 Å². The van der Waals surface area contributed by atoms with Crippen molar-refractivity contribution in [3.8, 4) is 45.8 Å². The SMILES string of the molecule is CC(C)(C)c1ccc2c3ccc(C(C)(C)C)cc3n(-c3cc(-c4cccc(C#N)c4)c(-n4c5cc(C(C)(C)C)ccc5c5ccc(C(C)(C)C)cc54)cc3-c3cccc(C#N)c3)c2c1. The highest BCUT2D eigenvalue weighted by Gasteiger charge is 2.27. The van der Waals surface area contributed by atoms with Crippen molar-refractivity contribution in [1.82, 2.24) is 9.13 Å². The normalized spacial score (nSPS) is 12.7. The predicted octanol–water partition coefficient (Wildman–Crippen LogP) is 16.1. The van der Waals surface area contributed by atoms with E-state index in [4.69, 9.17) is 0 Å². The third kappa shape index (κ3) is 7.26. The van der Waals surface area contributed by atoms with E-state index in [-0.39, 0.29) is 21.7 Å². The Bertz CT molecular complexity index is 3060. The van der Waals surface area contributed by atoms with Crippen molar-refractivity contribution in [2.45, 2.75) is 105 Å². The van der Waals surface area contributed by atoms with Crippen LogP contribution in [0.1, 0.15) is 116 Å². The van der Waals surface area contributed by atoms with E-state index in [0.29, 0.717) is 11.1 Å². The van der Waals surface area contributed by atoms with Gasteiger partial charge >= 0.3 is 0 Å². The van der Waals surface area contributed by atoms with Crippen LogP contribution in [0.4, 0.5) is 0 Å². The molecule has 0 aliphatic carbocycles. The van der Waals surface area contributed by atoms with E-state index < -0.39 is 0 Å². The lowest BCUT2D eigenvalue weighted by Crippen LogP contribution is -2.12. The second kappa shape index (κ2) is 14.9. The Balaban J connectivity index is 1.53. The van der Waals surface area contributed by atoms with Gasteiger partial charge in [-0.25, -0.2) is 0 Å². The Kier molecular flexibility index (Phi) is 9.85. The van der Waals surface area contributed by atoms with Gasteiger partial charge in [-0.05, 0) is 116 Å². The zero-order valence-corrected chi connectivity index (χ0v) is 39.5. The van der Waals surface area contributed by atoms with E-state index in [1.54, 1.807) is 0 Å². The molecule has 0 saturated carbocycles. The summed E-state index contributed by atoms with van der Waals surface area (Å²) in [6.45, 7) is 27.3. The van der Waals surface area contributed by atoms with Gasteiger partial charge in [-0.2, -0.15) is 10.5 Å². The van der Waals surface area contributed by atoms with Crippen LogP contribution in [0.25, 0.3) is 77.2 Å². The van der Waals surface area contributed by atoms with E-state index in [0.717, 1.165) is 55.7 Å². The molecule has 0 amide bonds. The summed E-state index contributed by atoms with van der Waals surface area (Å²) < 4.78 is 4.93. The van der Waals surface area contributed by atoms with Gasteiger partial charge in [0.15, 0.2) is 0 Å². The van der Waals surface area contributed by atoms with Crippen LogP contribution in [0.5, 0.6) is 0 Å². The fourth-order valence-corrected chi connectivity index (χ4v) is 9.34. The summed E-state index contributed by atoms with van der Waals surface area (Å²) in [5, 5.41) is 25.4. The van der Waals surface area contributed by atoms with Gasteiger partial charge in [0.25, 0.3) is 0 Å². The highest BCUT2D eigenvalue weighted by molar-refractivity contribution is 6.12. The molecule has 0 N–H and O–H groups in total. The number of hydrogen-bond donors (Lipinski definition) is 0. The minimum Gasteiger partial charge on any atom is -0.309 e. The highest BCUT2D eigenvalue weighted by atomic mass is 15.0. The fourth-order valence-electron chi connectivity index (χ4n) is 9.34. The maximum atomic E-state index is 10.3. The van der Waals surface area contributed by atoms with E-state index in [1.807, 2.05) is 36.4 Å². The van der Waals surface area contributed by atoms with Crippen LogP contribution in [-0.4, -0.2) is 9.13 Å². The van der Waals surface area contributed by atoms with Gasteiger partial charge in [-0.3, -0.25) is 0 Å². The monoisotopic (exact) mass is 834 g/mol. The summed E-state index contributed by atoms with van der Waals surface area (Å²) in [4.78, 5) is 0. The number of nitrogens with zero attached hydrogens (tertiary/aromatic N) is 4. The van der Waals surface area contributed by atoms with Gasteiger partial charge < -0.3 is 9.13 Å². The highest BCUT2D eigenvalue weighted by Crippen LogP contribution is 2.46. The largest absolute Gasteiger partial charge is 0.309 e. The molecule has 64 heavy (non-hydrogen) atoms. The quantitative estimate of drug-likeness (QED) is 0.177. The van der Waals surface area contributed by atoms with Crippen LogP contribution in [0.2, 0.25) is 0 Å². The average Bonchev–Trinajstić information content (AvgIpc) is 3.76. The van der Waals surface area contributed by atoms with E-state index in [2.05, 4.69) is 201 Å². The molecule has 9 aromatic rings. The van der Waals surface area contributed by atoms with Crippen LogP contribution in [0.3, 0.4) is 0 Å². The van der Waals surface area contributed by atoms with Gasteiger partial charge in [0.05, 0.1) is 56.7 Å². The molecule has 0 spiro atoms. The van der Waals surface area contributed by atoms with Crippen LogP contribution >= 0.6 is 0 Å². The third-order valence-corrected chi connectivity index (χ3v) is 13.2. The standard InChI is InChI=1S/C60H58N4/c1-57(2,3)41-19-23-45-46-24-20-42(58(4,5)6)30-52(46)63(51(45)29-41)55-33-50(40-18-14-16-38(28-40)36-62)56(34-49(55)39-17-13-15-37(27-39)35-61)64-53-31-43(59(7,8)9)21-25-47(53)48-26-22-44(32-54(48)64)60(10,11)12/h13-34H,1-12H3. The fraction of sp³-hybridized carbons (Fsp3) is 0.267. The number of benzene rings is 7. The van der Waals surface area contributed by atoms with Crippen molar-refractivity contribution in [3.05, 3.63) is 167 Å². The molecule has 0 bridgehead atoms. The molecular weight excluding hydrogens is 777 g/mol. The van der Waals surface area contributed by atoms with Crippen molar-refractivity contribution < 1.29 is 0 Å². The van der Waals surface area contributed by atoms with Crippen LogP contribution in [0.15, 0.2) is 133 Å². The average molecular weight is 835 g/mol. The molecule has 4 heteroatoms. The molecule has 0 aliphatic rings. The molecule has 0 atom stereocenters. The number of aromatic nitrogens is 2. The van der Waals surface area contributed by atoms with Gasteiger partial charge in [0.1, 0.15) is 0 Å². The first-order valence-electron chi connectivity index (χ1n) is 22.5. The van der Waals surface area contributed by atoms with Gasteiger partial charge in [0, 0.05) is 32.7 Å². The summed E-state index contributed by atoms with van der Waals surface area (Å²) in [6.07, 6.45) is 0. The lowest BCUT2D eigenvalue weighted by Gasteiger charge is -2.24. The maximum Gasteiger partial charge on any atom is 0.0991 e. The molecule has 0 aliphatic heterocycles. The van der Waals surface area contributed by atoms with Crippen molar-refractivity contribution in [3.63, 3.8) is 0 Å².